The summed E-state index contributed by atoms with van der Waals surface area (Å²) < 4.78 is 7.68. The van der Waals surface area contributed by atoms with Crippen molar-refractivity contribution in [2.75, 3.05) is 18.5 Å². The van der Waals surface area contributed by atoms with Crippen LogP contribution in [-0.4, -0.2) is 29.5 Å². The number of fused-ring (bicyclic) bond motifs is 1. The maximum absolute atomic E-state index is 13.4. The van der Waals surface area contributed by atoms with Gasteiger partial charge in [0, 0.05) is 6.20 Å². The van der Waals surface area contributed by atoms with Crippen LogP contribution in [0.4, 0.5) is 5.69 Å². The number of hydrogen-bond acceptors (Lipinski definition) is 3. The molecule has 148 valence electrons. The van der Waals surface area contributed by atoms with Crippen LogP contribution in [-0.2, 0) is 4.74 Å². The molecule has 5 heteroatoms. The smallest absolute Gasteiger partial charge is 0.258 e. The van der Waals surface area contributed by atoms with Crippen molar-refractivity contribution in [2.24, 2.45) is 4.99 Å². The van der Waals surface area contributed by atoms with Gasteiger partial charge in [-0.25, -0.2) is 4.99 Å². The maximum Gasteiger partial charge on any atom is 0.258 e. The van der Waals surface area contributed by atoms with Crippen LogP contribution in [0.1, 0.15) is 21.5 Å². The summed E-state index contributed by atoms with van der Waals surface area (Å²) in [5.74, 6) is 0.416. The van der Waals surface area contributed by atoms with Crippen molar-refractivity contribution in [2.45, 2.75) is 6.92 Å². The highest BCUT2D eigenvalue weighted by Gasteiger charge is 2.20. The standard InChI is InChI=1S/C25H21N3O2/c1-17-7-6-12-22(28-15-13-18-8-2-5-11-21(18)28)23(17)24(29)27-20-10-4-3-9-19(20)25-26-14-16-30-25/h2-13,15H,14,16H2,1H3,(H,27,29). The number of aliphatic imine (C=N–C) groups is 1. The third-order valence-electron chi connectivity index (χ3n) is 5.33. The lowest BCUT2D eigenvalue weighted by atomic mass is 10.0. The van der Waals surface area contributed by atoms with Crippen molar-refractivity contribution in [1.29, 1.82) is 0 Å². The van der Waals surface area contributed by atoms with Crippen LogP contribution in [0.2, 0.25) is 0 Å². The zero-order valence-corrected chi connectivity index (χ0v) is 16.6. The molecule has 1 N–H and O–H groups in total. The fourth-order valence-electron chi connectivity index (χ4n) is 3.90. The number of hydrogen-bond donors (Lipinski definition) is 1. The number of ether oxygens (including phenoxy) is 1. The minimum atomic E-state index is -0.160. The molecule has 0 fully saturated rings. The lowest BCUT2D eigenvalue weighted by Gasteiger charge is -2.16. The molecule has 0 atom stereocenters. The van der Waals surface area contributed by atoms with Gasteiger partial charge in [0.05, 0.1) is 34.6 Å². The summed E-state index contributed by atoms with van der Waals surface area (Å²) in [6.45, 7) is 3.17. The van der Waals surface area contributed by atoms with E-state index in [0.717, 1.165) is 27.7 Å². The van der Waals surface area contributed by atoms with Gasteiger partial charge in [0.1, 0.15) is 6.61 Å². The number of benzene rings is 3. The van der Waals surface area contributed by atoms with Crippen molar-refractivity contribution in [3.8, 4) is 5.69 Å². The van der Waals surface area contributed by atoms with Crippen LogP contribution in [0.15, 0.2) is 84.0 Å². The molecule has 0 spiro atoms. The molecule has 0 saturated carbocycles. The molecule has 0 unspecified atom stereocenters. The van der Waals surface area contributed by atoms with Gasteiger partial charge in [0.2, 0.25) is 5.90 Å². The largest absolute Gasteiger partial charge is 0.475 e. The van der Waals surface area contributed by atoms with Crippen molar-refractivity contribution in [1.82, 2.24) is 4.57 Å². The zero-order chi connectivity index (χ0) is 20.5. The van der Waals surface area contributed by atoms with E-state index in [1.807, 2.05) is 67.7 Å². The fourth-order valence-corrected chi connectivity index (χ4v) is 3.90. The SMILES string of the molecule is Cc1cccc(-n2ccc3ccccc32)c1C(=O)Nc1ccccc1C1=NCCO1. The monoisotopic (exact) mass is 395 g/mol. The number of carbonyl (C=O) groups is 1. The minimum Gasteiger partial charge on any atom is -0.475 e. The van der Waals surface area contributed by atoms with Crippen LogP contribution in [0.5, 0.6) is 0 Å². The van der Waals surface area contributed by atoms with Gasteiger partial charge < -0.3 is 14.6 Å². The highest BCUT2D eigenvalue weighted by atomic mass is 16.5. The second-order valence-electron chi connectivity index (χ2n) is 7.25. The van der Waals surface area contributed by atoms with E-state index in [1.165, 1.54) is 0 Å². The topological polar surface area (TPSA) is 55.6 Å². The Kier molecular flexibility index (Phi) is 4.56. The number of amides is 1. The molecular formula is C25H21N3O2. The number of anilines is 1. The Morgan fingerprint density at radius 2 is 1.83 bits per heavy atom. The Morgan fingerprint density at radius 1 is 1.00 bits per heavy atom. The van der Waals surface area contributed by atoms with E-state index in [4.69, 9.17) is 4.74 Å². The van der Waals surface area contributed by atoms with Gasteiger partial charge in [-0.2, -0.15) is 0 Å². The maximum atomic E-state index is 13.4. The van der Waals surface area contributed by atoms with Crippen LogP contribution in [0.3, 0.4) is 0 Å². The molecule has 0 bridgehead atoms. The number of aryl methyl sites for hydroxylation is 1. The Bertz CT molecular complexity index is 1290. The lowest BCUT2D eigenvalue weighted by molar-refractivity contribution is 0.102. The first-order valence-corrected chi connectivity index (χ1v) is 9.96. The predicted molar refractivity (Wildman–Crippen MR) is 120 cm³/mol. The summed E-state index contributed by atoms with van der Waals surface area (Å²) in [7, 11) is 0. The second-order valence-corrected chi connectivity index (χ2v) is 7.25. The van der Waals surface area contributed by atoms with Crippen molar-refractivity contribution in [3.63, 3.8) is 0 Å². The van der Waals surface area contributed by atoms with E-state index in [1.54, 1.807) is 0 Å². The van der Waals surface area contributed by atoms with Crippen molar-refractivity contribution in [3.05, 3.63) is 95.7 Å². The molecule has 5 nitrogen and oxygen atoms in total. The highest BCUT2D eigenvalue weighted by Crippen LogP contribution is 2.27. The van der Waals surface area contributed by atoms with Crippen molar-refractivity contribution < 1.29 is 9.53 Å². The summed E-state index contributed by atoms with van der Waals surface area (Å²) in [5.41, 5.74) is 4.95. The van der Waals surface area contributed by atoms with Crippen LogP contribution in [0.25, 0.3) is 16.6 Å². The molecule has 30 heavy (non-hydrogen) atoms. The third-order valence-corrected chi connectivity index (χ3v) is 5.33. The van der Waals surface area contributed by atoms with E-state index >= 15 is 0 Å². The summed E-state index contributed by atoms with van der Waals surface area (Å²) in [6.07, 6.45) is 2.01. The molecule has 1 aromatic heterocycles. The van der Waals surface area contributed by atoms with Gasteiger partial charge in [-0.15, -0.1) is 0 Å². The number of rotatable bonds is 4. The Hall–Kier alpha value is -3.86. The molecule has 5 rings (SSSR count). The zero-order valence-electron chi connectivity index (χ0n) is 16.6. The molecular weight excluding hydrogens is 374 g/mol. The van der Waals surface area contributed by atoms with E-state index in [9.17, 15) is 4.79 Å². The summed E-state index contributed by atoms with van der Waals surface area (Å²) in [6, 6.07) is 23.7. The molecule has 0 radical (unpaired) electrons. The number of nitrogens with one attached hydrogen (secondary N) is 1. The molecule has 1 amide bonds. The van der Waals surface area contributed by atoms with Crippen LogP contribution < -0.4 is 5.32 Å². The summed E-state index contributed by atoms with van der Waals surface area (Å²) in [4.78, 5) is 17.8. The molecule has 0 aliphatic carbocycles. The first-order valence-electron chi connectivity index (χ1n) is 9.96. The minimum absolute atomic E-state index is 0.160. The van der Waals surface area contributed by atoms with E-state index in [0.29, 0.717) is 30.3 Å². The molecule has 4 aromatic rings. The average molecular weight is 395 g/mol. The van der Waals surface area contributed by atoms with E-state index in [-0.39, 0.29) is 5.91 Å². The van der Waals surface area contributed by atoms with Crippen LogP contribution in [0, 0.1) is 6.92 Å². The van der Waals surface area contributed by atoms with Gasteiger partial charge >= 0.3 is 0 Å². The van der Waals surface area contributed by atoms with Gasteiger partial charge in [-0.05, 0) is 48.2 Å². The van der Waals surface area contributed by atoms with Gasteiger partial charge in [-0.3, -0.25) is 4.79 Å². The van der Waals surface area contributed by atoms with Crippen LogP contribution >= 0.6 is 0 Å². The number of aromatic nitrogens is 1. The fraction of sp³-hybridized carbons (Fsp3) is 0.120. The van der Waals surface area contributed by atoms with Gasteiger partial charge in [-0.1, -0.05) is 42.5 Å². The number of nitrogens with zero attached hydrogens (tertiary/aromatic N) is 2. The molecule has 0 saturated heterocycles. The first kappa shape index (κ1) is 18.2. The molecule has 3 aromatic carbocycles. The molecule has 2 heterocycles. The predicted octanol–water partition coefficient (Wildman–Crippen LogP) is 4.97. The van der Waals surface area contributed by atoms with E-state index < -0.39 is 0 Å². The van der Waals surface area contributed by atoms with Gasteiger partial charge in [0.25, 0.3) is 5.91 Å². The Morgan fingerprint density at radius 3 is 2.70 bits per heavy atom. The van der Waals surface area contributed by atoms with Crippen molar-refractivity contribution >= 4 is 28.4 Å². The van der Waals surface area contributed by atoms with E-state index in [2.05, 4.69) is 33.1 Å². The molecule has 1 aliphatic rings. The highest BCUT2D eigenvalue weighted by molar-refractivity contribution is 6.11. The quantitative estimate of drug-likeness (QED) is 0.530. The number of para-hydroxylation sites is 2. The Labute approximate surface area is 174 Å². The Balaban J connectivity index is 1.57. The third kappa shape index (κ3) is 3.14. The summed E-state index contributed by atoms with van der Waals surface area (Å²) >= 11 is 0. The lowest BCUT2D eigenvalue weighted by Crippen LogP contribution is -2.18. The summed E-state index contributed by atoms with van der Waals surface area (Å²) in [5, 5.41) is 4.21. The first-order chi connectivity index (χ1) is 14.7. The molecule has 1 aliphatic heterocycles. The second kappa shape index (κ2) is 7.52. The number of carbonyl (C=O) groups excluding carboxylic acids is 1. The van der Waals surface area contributed by atoms with Gasteiger partial charge in [0.15, 0.2) is 0 Å². The normalized spacial score (nSPS) is 13.2. The average Bonchev–Trinajstić information content (AvgIpc) is 3.44.